The van der Waals surface area contributed by atoms with Crippen molar-refractivity contribution in [3.8, 4) is 5.75 Å². The zero-order valence-electron chi connectivity index (χ0n) is 9.59. The zero-order chi connectivity index (χ0) is 11.9. The number of allylic oxidation sites excluding steroid dienone is 1. The Morgan fingerprint density at radius 1 is 0.889 bits per heavy atom. The minimum Gasteiger partial charge on any atom is -0.472 e. The van der Waals surface area contributed by atoms with Crippen molar-refractivity contribution in [3.05, 3.63) is 58.9 Å². The molecule has 2 aliphatic rings. The highest BCUT2D eigenvalue weighted by Gasteiger charge is 2.13. The molecule has 0 unspecified atom stereocenters. The predicted molar refractivity (Wildman–Crippen MR) is 72.0 cm³/mol. The summed E-state index contributed by atoms with van der Waals surface area (Å²) < 4.78 is 11.0. The topological polar surface area (TPSA) is 18.5 Å². The zero-order valence-corrected chi connectivity index (χ0v) is 9.59. The van der Waals surface area contributed by atoms with Gasteiger partial charge < -0.3 is 9.47 Å². The smallest absolute Gasteiger partial charge is 0.142 e. The van der Waals surface area contributed by atoms with Crippen molar-refractivity contribution in [2.45, 2.75) is 0 Å². The van der Waals surface area contributed by atoms with E-state index in [4.69, 9.17) is 9.47 Å². The second-order valence-electron chi connectivity index (χ2n) is 4.29. The summed E-state index contributed by atoms with van der Waals surface area (Å²) >= 11 is 0. The first-order valence-electron chi connectivity index (χ1n) is 5.85. The molecule has 2 heterocycles. The van der Waals surface area contributed by atoms with Crippen molar-refractivity contribution in [1.29, 1.82) is 0 Å². The van der Waals surface area contributed by atoms with E-state index in [-0.39, 0.29) is 0 Å². The monoisotopic (exact) mass is 234 g/mol. The summed E-state index contributed by atoms with van der Waals surface area (Å²) in [6.07, 6.45) is 11.2. The molecule has 4 rings (SSSR count). The number of benzene rings is 2. The maximum Gasteiger partial charge on any atom is 0.142 e. The second-order valence-corrected chi connectivity index (χ2v) is 4.29. The van der Waals surface area contributed by atoms with Crippen molar-refractivity contribution in [3.63, 3.8) is 0 Å². The lowest BCUT2D eigenvalue weighted by Gasteiger charge is -2.14. The van der Waals surface area contributed by atoms with Crippen LogP contribution in [-0.4, -0.2) is 0 Å². The maximum atomic E-state index is 5.69. The van der Waals surface area contributed by atoms with Crippen LogP contribution in [0.2, 0.25) is 0 Å². The maximum absolute atomic E-state index is 5.69. The Morgan fingerprint density at radius 2 is 1.78 bits per heavy atom. The van der Waals surface area contributed by atoms with Crippen LogP contribution in [0.4, 0.5) is 0 Å². The number of hydrogen-bond donors (Lipinski definition) is 0. The summed E-state index contributed by atoms with van der Waals surface area (Å²) in [5, 5.41) is 4.48. The van der Waals surface area contributed by atoms with Crippen LogP contribution in [0.3, 0.4) is 0 Å². The van der Waals surface area contributed by atoms with Crippen molar-refractivity contribution in [1.82, 2.24) is 0 Å². The van der Waals surface area contributed by atoms with Gasteiger partial charge in [-0.2, -0.15) is 0 Å². The summed E-state index contributed by atoms with van der Waals surface area (Å²) in [6.45, 7) is 0. The van der Waals surface area contributed by atoms with E-state index in [9.17, 15) is 0 Å². The summed E-state index contributed by atoms with van der Waals surface area (Å²) in [7, 11) is 0. The van der Waals surface area contributed by atoms with Gasteiger partial charge in [0.1, 0.15) is 5.75 Å². The average Bonchev–Trinajstić information content (AvgIpc) is 2.48. The molecule has 0 spiro atoms. The van der Waals surface area contributed by atoms with Crippen LogP contribution < -0.4 is 15.2 Å². The summed E-state index contributed by atoms with van der Waals surface area (Å²) in [5.74, 6) is 0.905. The lowest BCUT2D eigenvalue weighted by atomic mass is 9.98. The molecular weight excluding hydrogens is 224 g/mol. The molecule has 0 aromatic heterocycles. The Morgan fingerprint density at radius 3 is 2.72 bits per heavy atom. The minimum atomic E-state index is 0.905. The molecule has 0 amide bonds. The van der Waals surface area contributed by atoms with E-state index in [2.05, 4.69) is 18.2 Å². The fraction of sp³-hybridized carbons (Fsp3) is 0. The Kier molecular flexibility index (Phi) is 1.86. The molecule has 2 aliphatic heterocycles. The van der Waals surface area contributed by atoms with Crippen LogP contribution >= 0.6 is 0 Å². The molecule has 0 N–H and O–H groups in total. The van der Waals surface area contributed by atoms with Gasteiger partial charge in [0.25, 0.3) is 0 Å². The summed E-state index contributed by atoms with van der Waals surface area (Å²) in [6, 6.07) is 8.27. The van der Waals surface area contributed by atoms with Crippen molar-refractivity contribution >= 4 is 29.2 Å². The molecular formula is C16H10O2. The Balaban J connectivity index is 2.35. The van der Waals surface area contributed by atoms with Gasteiger partial charge >= 0.3 is 0 Å². The second kappa shape index (κ2) is 3.50. The third kappa shape index (κ3) is 1.17. The Labute approximate surface area is 104 Å². The lowest BCUT2D eigenvalue weighted by Crippen LogP contribution is -2.31. The predicted octanol–water partition coefficient (Wildman–Crippen LogP) is 2.27. The molecule has 0 fully saturated rings. The van der Waals surface area contributed by atoms with Gasteiger partial charge in [-0.1, -0.05) is 24.3 Å². The molecule has 2 aromatic rings. The van der Waals surface area contributed by atoms with Gasteiger partial charge in [-0.05, 0) is 29.2 Å². The third-order valence-corrected chi connectivity index (χ3v) is 3.31. The first-order valence-corrected chi connectivity index (χ1v) is 5.85. The van der Waals surface area contributed by atoms with E-state index >= 15 is 0 Å². The molecule has 0 bridgehead atoms. The molecule has 18 heavy (non-hydrogen) atoms. The SMILES string of the molecule is C1=COc2c(c3c(c4ccccc24)C=COC=3)=C1. The molecule has 86 valence electrons. The molecule has 2 aromatic carbocycles. The van der Waals surface area contributed by atoms with E-state index in [1.54, 1.807) is 18.8 Å². The number of hydrogen-bond acceptors (Lipinski definition) is 2. The quantitative estimate of drug-likeness (QED) is 0.696. The van der Waals surface area contributed by atoms with Gasteiger partial charge in [0.05, 0.1) is 18.8 Å². The molecule has 0 aliphatic carbocycles. The molecule has 2 heteroatoms. The standard InChI is InChI=1S/C16H10O2/c1-2-5-13-11(4-1)12-7-9-17-10-15(12)14-6-3-8-18-16(13)14/h1-10H. The van der Waals surface area contributed by atoms with E-state index in [0.717, 1.165) is 21.6 Å². The molecule has 0 saturated carbocycles. The van der Waals surface area contributed by atoms with Crippen LogP contribution in [0.1, 0.15) is 5.56 Å². The van der Waals surface area contributed by atoms with Crippen LogP contribution in [0.15, 0.2) is 42.9 Å². The first-order chi connectivity index (χ1) is 8.95. The van der Waals surface area contributed by atoms with Gasteiger partial charge in [0, 0.05) is 15.8 Å². The van der Waals surface area contributed by atoms with Crippen molar-refractivity contribution in [2.24, 2.45) is 0 Å². The van der Waals surface area contributed by atoms with E-state index < -0.39 is 0 Å². The number of rotatable bonds is 0. The molecule has 0 saturated heterocycles. The van der Waals surface area contributed by atoms with Gasteiger partial charge in [-0.25, -0.2) is 0 Å². The molecule has 0 radical (unpaired) electrons. The van der Waals surface area contributed by atoms with Crippen LogP contribution in [0, 0.1) is 0 Å². The molecule has 2 nitrogen and oxygen atoms in total. The number of ether oxygens (including phenoxy) is 2. The highest BCUT2D eigenvalue weighted by molar-refractivity contribution is 5.96. The van der Waals surface area contributed by atoms with Gasteiger partial charge in [0.15, 0.2) is 0 Å². The summed E-state index contributed by atoms with van der Waals surface area (Å²) in [4.78, 5) is 0. The van der Waals surface area contributed by atoms with Crippen molar-refractivity contribution in [2.75, 3.05) is 0 Å². The average molecular weight is 234 g/mol. The first kappa shape index (κ1) is 9.54. The lowest BCUT2D eigenvalue weighted by molar-refractivity contribution is 0.457. The number of fused-ring (bicyclic) bond motifs is 6. The fourth-order valence-electron chi connectivity index (χ4n) is 2.53. The largest absolute Gasteiger partial charge is 0.472 e. The third-order valence-electron chi connectivity index (χ3n) is 3.31. The van der Waals surface area contributed by atoms with Crippen LogP contribution in [0.25, 0.3) is 29.2 Å². The van der Waals surface area contributed by atoms with Crippen LogP contribution in [-0.2, 0) is 4.74 Å². The Bertz CT molecular complexity index is 826. The van der Waals surface area contributed by atoms with Crippen LogP contribution in [0.5, 0.6) is 5.75 Å². The highest BCUT2D eigenvalue weighted by atomic mass is 16.5. The van der Waals surface area contributed by atoms with E-state index in [1.165, 1.54) is 10.9 Å². The van der Waals surface area contributed by atoms with E-state index in [1.807, 2.05) is 24.3 Å². The minimum absolute atomic E-state index is 0.905. The van der Waals surface area contributed by atoms with Gasteiger partial charge in [-0.15, -0.1) is 0 Å². The fourth-order valence-corrected chi connectivity index (χ4v) is 2.53. The Hall–Kier alpha value is -2.48. The highest BCUT2D eigenvalue weighted by Crippen LogP contribution is 2.25. The van der Waals surface area contributed by atoms with E-state index in [0.29, 0.717) is 0 Å². The normalized spacial score (nSPS) is 14.9. The van der Waals surface area contributed by atoms with Gasteiger partial charge in [-0.3, -0.25) is 0 Å². The van der Waals surface area contributed by atoms with Gasteiger partial charge in [0.2, 0.25) is 0 Å². The summed E-state index contributed by atoms with van der Waals surface area (Å²) in [5.41, 5.74) is 1.19. The van der Waals surface area contributed by atoms with Crippen molar-refractivity contribution < 1.29 is 9.47 Å². The molecule has 0 atom stereocenters.